The van der Waals surface area contributed by atoms with E-state index in [9.17, 15) is 4.79 Å². The van der Waals surface area contributed by atoms with Gasteiger partial charge in [0, 0.05) is 5.56 Å². The molecule has 0 atom stereocenters. The summed E-state index contributed by atoms with van der Waals surface area (Å²) in [6.45, 7) is 0. The lowest BCUT2D eigenvalue weighted by Crippen LogP contribution is -1.81. The Bertz CT molecular complexity index is 806. The SMILES string of the molecule is O=Cc1ccc(-c2cccc(-c3ccc(Cl)c(Cl)c3)c2)o1. The van der Waals surface area contributed by atoms with Gasteiger partial charge in [0.25, 0.3) is 0 Å². The smallest absolute Gasteiger partial charge is 0.185 e. The highest BCUT2D eigenvalue weighted by Gasteiger charge is 2.07. The summed E-state index contributed by atoms with van der Waals surface area (Å²) in [6.07, 6.45) is 0.687. The van der Waals surface area contributed by atoms with Gasteiger partial charge in [-0.05, 0) is 41.5 Å². The van der Waals surface area contributed by atoms with Gasteiger partial charge in [0.05, 0.1) is 10.0 Å². The Hall–Kier alpha value is -2.03. The number of benzene rings is 2. The van der Waals surface area contributed by atoms with Crippen LogP contribution in [0.4, 0.5) is 0 Å². The molecule has 2 aromatic carbocycles. The first-order chi connectivity index (χ1) is 10.2. The van der Waals surface area contributed by atoms with E-state index < -0.39 is 0 Å². The normalized spacial score (nSPS) is 10.6. The van der Waals surface area contributed by atoms with Crippen molar-refractivity contribution in [2.75, 3.05) is 0 Å². The predicted molar refractivity (Wildman–Crippen MR) is 85.0 cm³/mol. The number of hydrogen-bond acceptors (Lipinski definition) is 2. The average Bonchev–Trinajstić information content (AvgIpc) is 2.99. The molecule has 0 unspecified atom stereocenters. The first-order valence-electron chi connectivity index (χ1n) is 6.28. The standard InChI is InChI=1S/C17H10Cl2O2/c18-15-6-4-12(9-16(15)19)11-2-1-3-13(8-11)17-7-5-14(10-20)21-17/h1-10H. The second-order valence-corrected chi connectivity index (χ2v) is 5.34. The number of halogens is 2. The largest absolute Gasteiger partial charge is 0.453 e. The molecule has 2 nitrogen and oxygen atoms in total. The molecule has 0 spiro atoms. The van der Waals surface area contributed by atoms with Crippen molar-refractivity contribution < 1.29 is 9.21 Å². The van der Waals surface area contributed by atoms with Crippen LogP contribution in [0.25, 0.3) is 22.5 Å². The van der Waals surface area contributed by atoms with E-state index in [1.54, 1.807) is 18.2 Å². The number of carbonyl (C=O) groups excluding carboxylic acids is 1. The van der Waals surface area contributed by atoms with Crippen molar-refractivity contribution in [3.8, 4) is 22.5 Å². The number of carbonyl (C=O) groups is 1. The molecule has 3 rings (SSSR count). The summed E-state index contributed by atoms with van der Waals surface area (Å²) >= 11 is 12.0. The van der Waals surface area contributed by atoms with Crippen LogP contribution < -0.4 is 0 Å². The Balaban J connectivity index is 2.03. The zero-order valence-electron chi connectivity index (χ0n) is 10.8. The lowest BCUT2D eigenvalue weighted by atomic mass is 10.0. The number of rotatable bonds is 3. The van der Waals surface area contributed by atoms with Gasteiger partial charge in [-0.3, -0.25) is 4.79 Å². The summed E-state index contributed by atoms with van der Waals surface area (Å²) < 4.78 is 5.44. The van der Waals surface area contributed by atoms with Gasteiger partial charge in [0.15, 0.2) is 12.0 Å². The van der Waals surface area contributed by atoms with E-state index in [1.807, 2.05) is 36.4 Å². The van der Waals surface area contributed by atoms with Gasteiger partial charge >= 0.3 is 0 Å². The molecule has 0 aliphatic carbocycles. The van der Waals surface area contributed by atoms with Crippen LogP contribution in [0.5, 0.6) is 0 Å². The molecule has 0 radical (unpaired) electrons. The maximum Gasteiger partial charge on any atom is 0.185 e. The third-order valence-corrected chi connectivity index (χ3v) is 3.88. The van der Waals surface area contributed by atoms with Gasteiger partial charge in [-0.1, -0.05) is 47.5 Å². The minimum absolute atomic E-state index is 0.310. The zero-order valence-corrected chi connectivity index (χ0v) is 12.4. The lowest BCUT2D eigenvalue weighted by molar-refractivity contribution is 0.110. The molecule has 0 aliphatic rings. The Morgan fingerprint density at radius 2 is 1.57 bits per heavy atom. The van der Waals surface area contributed by atoms with Crippen molar-refractivity contribution in [2.24, 2.45) is 0 Å². The molecule has 0 bridgehead atoms. The molecule has 3 aromatic rings. The molecular formula is C17H10Cl2O2. The third kappa shape index (κ3) is 2.87. The molecule has 0 aliphatic heterocycles. The van der Waals surface area contributed by atoms with Crippen molar-refractivity contribution in [1.29, 1.82) is 0 Å². The van der Waals surface area contributed by atoms with Crippen molar-refractivity contribution >= 4 is 29.5 Å². The summed E-state index contributed by atoms with van der Waals surface area (Å²) in [6, 6.07) is 16.7. The van der Waals surface area contributed by atoms with Crippen LogP contribution >= 0.6 is 23.2 Å². The first kappa shape index (κ1) is 13.9. The van der Waals surface area contributed by atoms with Gasteiger partial charge in [0.2, 0.25) is 0 Å². The molecule has 0 saturated carbocycles. The average molecular weight is 317 g/mol. The zero-order chi connectivity index (χ0) is 14.8. The van der Waals surface area contributed by atoms with Crippen LogP contribution in [0.15, 0.2) is 59.0 Å². The molecule has 0 fully saturated rings. The van der Waals surface area contributed by atoms with Crippen molar-refractivity contribution in [3.05, 3.63) is 70.4 Å². The maximum absolute atomic E-state index is 10.7. The Morgan fingerprint density at radius 1 is 0.810 bits per heavy atom. The summed E-state index contributed by atoms with van der Waals surface area (Å²) in [5.74, 6) is 0.962. The molecular weight excluding hydrogens is 307 g/mol. The van der Waals surface area contributed by atoms with E-state index in [2.05, 4.69) is 0 Å². The topological polar surface area (TPSA) is 30.2 Å². The van der Waals surface area contributed by atoms with Gasteiger partial charge < -0.3 is 4.42 Å². The maximum atomic E-state index is 10.7. The fourth-order valence-electron chi connectivity index (χ4n) is 2.10. The molecule has 104 valence electrons. The number of furan rings is 1. The first-order valence-corrected chi connectivity index (χ1v) is 7.04. The van der Waals surface area contributed by atoms with Crippen molar-refractivity contribution in [3.63, 3.8) is 0 Å². The highest BCUT2D eigenvalue weighted by molar-refractivity contribution is 6.42. The van der Waals surface area contributed by atoms with Gasteiger partial charge in [0.1, 0.15) is 5.76 Å². The lowest BCUT2D eigenvalue weighted by Gasteiger charge is -2.05. The highest BCUT2D eigenvalue weighted by atomic mass is 35.5. The van der Waals surface area contributed by atoms with E-state index in [-0.39, 0.29) is 0 Å². The molecule has 4 heteroatoms. The van der Waals surface area contributed by atoms with E-state index in [0.717, 1.165) is 16.7 Å². The van der Waals surface area contributed by atoms with E-state index >= 15 is 0 Å². The van der Waals surface area contributed by atoms with Crippen LogP contribution in [-0.2, 0) is 0 Å². The summed E-state index contributed by atoms with van der Waals surface area (Å²) in [5, 5.41) is 1.04. The Kier molecular flexibility index (Phi) is 3.82. The van der Waals surface area contributed by atoms with Crippen LogP contribution in [-0.4, -0.2) is 6.29 Å². The molecule has 1 heterocycles. The monoisotopic (exact) mass is 316 g/mol. The van der Waals surface area contributed by atoms with E-state index in [1.165, 1.54) is 0 Å². The Labute approximate surface area is 131 Å². The van der Waals surface area contributed by atoms with Gasteiger partial charge in [-0.2, -0.15) is 0 Å². The minimum atomic E-state index is 0.310. The molecule has 1 aromatic heterocycles. The quantitative estimate of drug-likeness (QED) is 0.577. The minimum Gasteiger partial charge on any atom is -0.453 e. The molecule has 21 heavy (non-hydrogen) atoms. The van der Waals surface area contributed by atoms with E-state index in [4.69, 9.17) is 27.6 Å². The molecule has 0 N–H and O–H groups in total. The van der Waals surface area contributed by atoms with E-state index in [0.29, 0.717) is 27.9 Å². The number of hydrogen-bond donors (Lipinski definition) is 0. The number of aldehydes is 1. The fourth-order valence-corrected chi connectivity index (χ4v) is 2.40. The van der Waals surface area contributed by atoms with Crippen LogP contribution in [0, 0.1) is 0 Å². The van der Waals surface area contributed by atoms with Crippen molar-refractivity contribution in [1.82, 2.24) is 0 Å². The predicted octanol–water partition coefficient (Wildman–Crippen LogP) is 5.73. The second kappa shape index (κ2) is 5.76. The third-order valence-electron chi connectivity index (χ3n) is 3.14. The molecule has 0 amide bonds. The molecule has 0 saturated heterocycles. The highest BCUT2D eigenvalue weighted by Crippen LogP contribution is 2.31. The summed E-state index contributed by atoms with van der Waals surface area (Å²) in [5.41, 5.74) is 2.86. The summed E-state index contributed by atoms with van der Waals surface area (Å²) in [4.78, 5) is 10.7. The van der Waals surface area contributed by atoms with Crippen LogP contribution in [0.2, 0.25) is 10.0 Å². The summed E-state index contributed by atoms with van der Waals surface area (Å²) in [7, 11) is 0. The van der Waals surface area contributed by atoms with Gasteiger partial charge in [-0.25, -0.2) is 0 Å². The fraction of sp³-hybridized carbons (Fsp3) is 0. The van der Waals surface area contributed by atoms with Gasteiger partial charge in [-0.15, -0.1) is 0 Å². The second-order valence-electron chi connectivity index (χ2n) is 4.53. The Morgan fingerprint density at radius 3 is 2.29 bits per heavy atom. The van der Waals surface area contributed by atoms with Crippen LogP contribution in [0.3, 0.4) is 0 Å². The van der Waals surface area contributed by atoms with Crippen LogP contribution in [0.1, 0.15) is 10.6 Å². The van der Waals surface area contributed by atoms with Crippen molar-refractivity contribution in [2.45, 2.75) is 0 Å².